The van der Waals surface area contributed by atoms with Crippen LogP contribution in [0.1, 0.15) is 39.7 Å². The number of amides is 4. The molecule has 0 bridgehead atoms. The predicted octanol–water partition coefficient (Wildman–Crippen LogP) is 2.08. The number of rotatable bonds is 5. The van der Waals surface area contributed by atoms with Gasteiger partial charge >= 0.3 is 6.03 Å². The summed E-state index contributed by atoms with van der Waals surface area (Å²) in [5, 5.41) is 5.70. The standard InChI is InChI=1S/C19H28N4O3/c1-5-12(2)15-16(24)22-14-9-7-6-8-13(14)10-23(15)18(26)21-11-19(3,4)17(20)25/h6-9,12,15H,5,10-11H2,1-4H3,(H2,20,25)(H,21,26)(H,22,24)/t12-,15-/m0/s1. The van der Waals surface area contributed by atoms with Crippen molar-refractivity contribution in [3.05, 3.63) is 29.8 Å². The van der Waals surface area contributed by atoms with Gasteiger partial charge in [0, 0.05) is 12.2 Å². The summed E-state index contributed by atoms with van der Waals surface area (Å²) in [6.07, 6.45) is 0.755. The van der Waals surface area contributed by atoms with Gasteiger partial charge in [-0.25, -0.2) is 4.79 Å². The number of nitrogens with two attached hydrogens (primary N) is 1. The number of anilines is 1. The highest BCUT2D eigenvalue weighted by Gasteiger charge is 2.37. The number of hydrogen-bond acceptors (Lipinski definition) is 3. The molecule has 1 aliphatic heterocycles. The van der Waals surface area contributed by atoms with Gasteiger partial charge in [-0.2, -0.15) is 0 Å². The zero-order valence-corrected chi connectivity index (χ0v) is 15.8. The Balaban J connectivity index is 2.29. The maximum Gasteiger partial charge on any atom is 0.318 e. The monoisotopic (exact) mass is 360 g/mol. The molecule has 7 nitrogen and oxygen atoms in total. The number of nitrogens with one attached hydrogen (secondary N) is 2. The summed E-state index contributed by atoms with van der Waals surface area (Å²) < 4.78 is 0. The Morgan fingerprint density at radius 1 is 1.38 bits per heavy atom. The van der Waals surface area contributed by atoms with Crippen LogP contribution in [-0.2, 0) is 16.1 Å². The van der Waals surface area contributed by atoms with Crippen LogP contribution in [0.25, 0.3) is 0 Å². The van der Waals surface area contributed by atoms with Gasteiger partial charge in [-0.15, -0.1) is 0 Å². The van der Waals surface area contributed by atoms with Crippen molar-refractivity contribution < 1.29 is 14.4 Å². The molecule has 0 aliphatic carbocycles. The van der Waals surface area contributed by atoms with Crippen molar-refractivity contribution in [1.82, 2.24) is 10.2 Å². The molecule has 142 valence electrons. The Labute approximate surface area is 154 Å². The second-order valence-electron chi connectivity index (χ2n) is 7.51. The second kappa shape index (κ2) is 7.76. The highest BCUT2D eigenvalue weighted by molar-refractivity contribution is 5.98. The summed E-state index contributed by atoms with van der Waals surface area (Å²) in [6.45, 7) is 7.70. The fourth-order valence-corrected chi connectivity index (χ4v) is 2.88. The summed E-state index contributed by atoms with van der Waals surface area (Å²) in [6, 6.07) is 6.48. The maximum absolute atomic E-state index is 12.9. The summed E-state index contributed by atoms with van der Waals surface area (Å²) in [4.78, 5) is 38.7. The van der Waals surface area contributed by atoms with Gasteiger partial charge in [0.2, 0.25) is 11.8 Å². The van der Waals surface area contributed by atoms with Crippen LogP contribution >= 0.6 is 0 Å². The van der Waals surface area contributed by atoms with E-state index in [1.807, 2.05) is 38.1 Å². The van der Waals surface area contributed by atoms with Crippen molar-refractivity contribution in [2.24, 2.45) is 17.1 Å². The molecule has 0 saturated carbocycles. The second-order valence-corrected chi connectivity index (χ2v) is 7.51. The van der Waals surface area contributed by atoms with Crippen molar-refractivity contribution in [2.45, 2.75) is 46.7 Å². The molecule has 0 spiro atoms. The number of fused-ring (bicyclic) bond motifs is 1. The van der Waals surface area contributed by atoms with Gasteiger partial charge in [0.15, 0.2) is 0 Å². The van der Waals surface area contributed by atoms with Crippen molar-refractivity contribution >= 4 is 23.5 Å². The molecule has 0 radical (unpaired) electrons. The fourth-order valence-electron chi connectivity index (χ4n) is 2.88. The van der Waals surface area contributed by atoms with E-state index in [9.17, 15) is 14.4 Å². The molecule has 0 unspecified atom stereocenters. The summed E-state index contributed by atoms with van der Waals surface area (Å²) >= 11 is 0. The molecular weight excluding hydrogens is 332 g/mol. The highest BCUT2D eigenvalue weighted by Crippen LogP contribution is 2.27. The third-order valence-corrected chi connectivity index (χ3v) is 5.01. The first-order valence-electron chi connectivity index (χ1n) is 8.90. The molecule has 4 amide bonds. The Morgan fingerprint density at radius 2 is 2.04 bits per heavy atom. The number of para-hydroxylation sites is 1. The van der Waals surface area contributed by atoms with Gasteiger partial charge in [0.05, 0.1) is 12.0 Å². The van der Waals surface area contributed by atoms with Crippen LogP contribution in [0.5, 0.6) is 0 Å². The van der Waals surface area contributed by atoms with E-state index in [-0.39, 0.29) is 24.4 Å². The van der Waals surface area contributed by atoms with Crippen LogP contribution in [0.3, 0.4) is 0 Å². The van der Waals surface area contributed by atoms with Gasteiger partial charge < -0.3 is 21.3 Å². The first kappa shape index (κ1) is 19.8. The minimum atomic E-state index is -0.868. The topological polar surface area (TPSA) is 105 Å². The molecule has 1 aromatic rings. The largest absolute Gasteiger partial charge is 0.369 e. The molecule has 4 N–H and O–H groups in total. The smallest absolute Gasteiger partial charge is 0.318 e. The van der Waals surface area contributed by atoms with Gasteiger partial charge in [-0.3, -0.25) is 9.59 Å². The molecule has 7 heteroatoms. The lowest BCUT2D eigenvalue weighted by atomic mass is 9.93. The lowest BCUT2D eigenvalue weighted by Crippen LogP contribution is -2.54. The van der Waals surface area contributed by atoms with Gasteiger partial charge in [-0.1, -0.05) is 38.5 Å². The summed E-state index contributed by atoms with van der Waals surface area (Å²) in [5.41, 5.74) is 6.10. The van der Waals surface area contributed by atoms with Crippen molar-refractivity contribution in [3.63, 3.8) is 0 Å². The van der Waals surface area contributed by atoms with E-state index in [0.29, 0.717) is 6.54 Å². The molecule has 1 heterocycles. The van der Waals surface area contributed by atoms with E-state index < -0.39 is 17.4 Å². The summed E-state index contributed by atoms with van der Waals surface area (Å²) in [7, 11) is 0. The van der Waals surface area contributed by atoms with Gasteiger partial charge in [0.25, 0.3) is 0 Å². The van der Waals surface area contributed by atoms with Gasteiger partial charge in [0.1, 0.15) is 6.04 Å². The molecule has 0 fully saturated rings. The average Bonchev–Trinajstić information content (AvgIpc) is 2.74. The Hall–Kier alpha value is -2.57. The molecule has 0 saturated heterocycles. The number of hydrogen-bond donors (Lipinski definition) is 3. The zero-order chi connectivity index (χ0) is 19.5. The molecule has 26 heavy (non-hydrogen) atoms. The van der Waals surface area contributed by atoms with Crippen molar-refractivity contribution in [2.75, 3.05) is 11.9 Å². The van der Waals surface area contributed by atoms with Crippen LogP contribution in [0.15, 0.2) is 24.3 Å². The minimum absolute atomic E-state index is 0.0146. The number of carbonyl (C=O) groups excluding carboxylic acids is 3. The molecular formula is C19H28N4O3. The lowest BCUT2D eigenvalue weighted by molar-refractivity contribution is -0.126. The highest BCUT2D eigenvalue weighted by atomic mass is 16.2. The first-order chi connectivity index (χ1) is 12.2. The molecule has 1 aliphatic rings. The Morgan fingerprint density at radius 3 is 2.65 bits per heavy atom. The van der Waals surface area contributed by atoms with E-state index >= 15 is 0 Å². The lowest BCUT2D eigenvalue weighted by Gasteiger charge is -2.33. The van der Waals surface area contributed by atoms with E-state index in [4.69, 9.17) is 5.73 Å². The predicted molar refractivity (Wildman–Crippen MR) is 100 cm³/mol. The van der Waals surface area contributed by atoms with E-state index in [0.717, 1.165) is 17.7 Å². The molecule has 2 rings (SSSR count). The number of urea groups is 1. The maximum atomic E-state index is 12.9. The Bertz CT molecular complexity index is 702. The average molecular weight is 360 g/mol. The van der Waals surface area contributed by atoms with Crippen LogP contribution in [0.2, 0.25) is 0 Å². The van der Waals surface area contributed by atoms with Crippen LogP contribution in [-0.4, -0.2) is 35.3 Å². The summed E-state index contributed by atoms with van der Waals surface area (Å²) in [5.74, 6) is -0.706. The SMILES string of the molecule is CC[C@H](C)[C@H]1C(=O)Nc2ccccc2CN1C(=O)NCC(C)(C)C(N)=O. The quantitative estimate of drug-likeness (QED) is 0.748. The van der Waals surface area contributed by atoms with E-state index in [1.54, 1.807) is 18.7 Å². The van der Waals surface area contributed by atoms with Crippen LogP contribution in [0.4, 0.5) is 10.5 Å². The fraction of sp³-hybridized carbons (Fsp3) is 0.526. The Kier molecular flexibility index (Phi) is 5.90. The number of primary amides is 1. The van der Waals surface area contributed by atoms with E-state index in [2.05, 4.69) is 10.6 Å². The third-order valence-electron chi connectivity index (χ3n) is 5.01. The number of benzene rings is 1. The first-order valence-corrected chi connectivity index (χ1v) is 8.90. The van der Waals surface area contributed by atoms with E-state index in [1.165, 1.54) is 0 Å². The van der Waals surface area contributed by atoms with Crippen molar-refractivity contribution in [1.29, 1.82) is 0 Å². The molecule has 2 atom stereocenters. The molecule has 1 aromatic carbocycles. The normalized spacial score (nSPS) is 18.4. The van der Waals surface area contributed by atoms with Crippen LogP contribution < -0.4 is 16.4 Å². The van der Waals surface area contributed by atoms with Gasteiger partial charge in [-0.05, 0) is 31.4 Å². The molecule has 0 aromatic heterocycles. The van der Waals surface area contributed by atoms with Crippen LogP contribution in [0, 0.1) is 11.3 Å². The van der Waals surface area contributed by atoms with Crippen molar-refractivity contribution in [3.8, 4) is 0 Å². The number of carbonyl (C=O) groups is 3. The zero-order valence-electron chi connectivity index (χ0n) is 15.8. The number of nitrogens with zero attached hydrogens (tertiary/aromatic N) is 1. The minimum Gasteiger partial charge on any atom is -0.369 e. The third kappa shape index (κ3) is 4.15.